The molecule has 5 nitrogen and oxygen atoms in total. The Bertz CT molecular complexity index is 1230. The summed E-state index contributed by atoms with van der Waals surface area (Å²) in [5, 5.41) is 1.56. The van der Waals surface area contributed by atoms with Gasteiger partial charge in [-0.1, -0.05) is 36.4 Å². The molecule has 2 aliphatic rings. The van der Waals surface area contributed by atoms with E-state index in [2.05, 4.69) is 0 Å². The van der Waals surface area contributed by atoms with Crippen molar-refractivity contribution in [2.75, 3.05) is 16.2 Å². The van der Waals surface area contributed by atoms with Crippen LogP contribution in [-0.4, -0.2) is 24.2 Å². The summed E-state index contributed by atoms with van der Waals surface area (Å²) in [6, 6.07) is 20.3. The SMILES string of the molecule is CSc1ccc([C@H]2[C@H]3C(=O)N(c4cccc(C(F)(F)F)c4)C(=O)[C@@H]3ON2c2ccccc2)cc1. The summed E-state index contributed by atoms with van der Waals surface area (Å²) in [5.74, 6) is -2.19. The number of anilines is 2. The molecular weight excluding hydrogens is 465 g/mol. The van der Waals surface area contributed by atoms with Crippen molar-refractivity contribution in [3.63, 3.8) is 0 Å². The average molecular weight is 484 g/mol. The van der Waals surface area contributed by atoms with E-state index in [1.807, 2.05) is 60.9 Å². The number of halogens is 3. The number of carbonyl (C=O) groups is 2. The molecule has 0 radical (unpaired) electrons. The van der Waals surface area contributed by atoms with E-state index in [0.717, 1.165) is 27.5 Å². The van der Waals surface area contributed by atoms with Crippen molar-refractivity contribution in [2.45, 2.75) is 23.2 Å². The predicted octanol–water partition coefficient (Wildman–Crippen LogP) is 5.48. The summed E-state index contributed by atoms with van der Waals surface area (Å²) >= 11 is 1.57. The molecule has 5 rings (SSSR count). The highest BCUT2D eigenvalue weighted by atomic mass is 32.2. The number of amides is 2. The molecule has 0 aliphatic carbocycles. The Kier molecular flexibility index (Phi) is 5.61. The minimum absolute atomic E-state index is 0.120. The van der Waals surface area contributed by atoms with Gasteiger partial charge in [-0.05, 0) is 54.3 Å². The number of carbonyl (C=O) groups excluding carboxylic acids is 2. The number of alkyl halides is 3. The van der Waals surface area contributed by atoms with Gasteiger partial charge in [0.1, 0.15) is 5.92 Å². The number of hydrogen-bond donors (Lipinski definition) is 0. The summed E-state index contributed by atoms with van der Waals surface area (Å²) in [4.78, 5) is 34.7. The summed E-state index contributed by atoms with van der Waals surface area (Å²) in [5.41, 5.74) is 0.382. The second-order valence-electron chi connectivity index (χ2n) is 7.99. The van der Waals surface area contributed by atoms with Gasteiger partial charge in [-0.15, -0.1) is 11.8 Å². The fraction of sp³-hybridized carbons (Fsp3) is 0.200. The van der Waals surface area contributed by atoms with E-state index in [-0.39, 0.29) is 5.69 Å². The van der Waals surface area contributed by atoms with Crippen LogP contribution in [0.4, 0.5) is 24.5 Å². The maximum Gasteiger partial charge on any atom is 0.416 e. The van der Waals surface area contributed by atoms with Crippen molar-refractivity contribution in [1.29, 1.82) is 0 Å². The number of hydrogen-bond acceptors (Lipinski definition) is 5. The topological polar surface area (TPSA) is 49.9 Å². The summed E-state index contributed by atoms with van der Waals surface area (Å²) in [7, 11) is 0. The highest BCUT2D eigenvalue weighted by Crippen LogP contribution is 2.48. The van der Waals surface area contributed by atoms with Crippen molar-refractivity contribution in [2.24, 2.45) is 5.92 Å². The van der Waals surface area contributed by atoms with E-state index in [1.165, 1.54) is 12.1 Å². The summed E-state index contributed by atoms with van der Waals surface area (Å²) < 4.78 is 39.7. The molecule has 0 saturated carbocycles. The van der Waals surface area contributed by atoms with Crippen molar-refractivity contribution in [3.05, 3.63) is 90.0 Å². The number of para-hydroxylation sites is 1. The largest absolute Gasteiger partial charge is 0.416 e. The minimum atomic E-state index is -4.60. The van der Waals surface area contributed by atoms with Gasteiger partial charge in [-0.3, -0.25) is 14.4 Å². The summed E-state index contributed by atoms with van der Waals surface area (Å²) in [6.45, 7) is 0. The van der Waals surface area contributed by atoms with Crippen LogP contribution in [0.5, 0.6) is 0 Å². The molecule has 0 bridgehead atoms. The third kappa shape index (κ3) is 3.74. The standard InChI is InChI=1S/C25H19F3N2O3S/c1-34-19-12-10-15(11-13-19)21-20-22(33-30(21)17-7-3-2-4-8-17)24(32)29(23(20)31)18-9-5-6-16(14-18)25(26,27)28/h2-14,20-22H,1H3/t20-,21+,22-/m1/s1. The Morgan fingerprint density at radius 3 is 2.18 bits per heavy atom. The molecule has 2 heterocycles. The van der Waals surface area contributed by atoms with Crippen LogP contribution in [0.1, 0.15) is 17.2 Å². The Morgan fingerprint density at radius 2 is 1.53 bits per heavy atom. The van der Waals surface area contributed by atoms with E-state index in [1.54, 1.807) is 16.8 Å². The van der Waals surface area contributed by atoms with Crippen LogP contribution < -0.4 is 9.96 Å². The monoisotopic (exact) mass is 484 g/mol. The number of hydroxylamine groups is 1. The number of nitrogens with zero attached hydrogens (tertiary/aromatic N) is 2. The zero-order chi connectivity index (χ0) is 24.0. The highest BCUT2D eigenvalue weighted by Gasteiger charge is 2.60. The molecule has 3 aromatic carbocycles. The van der Waals surface area contributed by atoms with Gasteiger partial charge in [0.15, 0.2) is 6.10 Å². The van der Waals surface area contributed by atoms with E-state index < -0.39 is 41.6 Å². The third-order valence-corrected chi connectivity index (χ3v) is 6.76. The molecule has 0 spiro atoms. The Hall–Kier alpha value is -3.30. The predicted molar refractivity (Wildman–Crippen MR) is 122 cm³/mol. The van der Waals surface area contributed by atoms with Gasteiger partial charge in [-0.2, -0.15) is 13.2 Å². The van der Waals surface area contributed by atoms with Crippen LogP contribution in [0, 0.1) is 5.92 Å². The normalized spacial score (nSPS) is 22.4. The number of rotatable bonds is 4. The molecule has 2 aliphatic heterocycles. The van der Waals surface area contributed by atoms with E-state index >= 15 is 0 Å². The van der Waals surface area contributed by atoms with E-state index in [9.17, 15) is 22.8 Å². The molecule has 0 N–H and O–H groups in total. The zero-order valence-electron chi connectivity index (χ0n) is 17.9. The Balaban J connectivity index is 1.56. The fourth-order valence-electron chi connectivity index (χ4n) is 4.43. The number of fused-ring (bicyclic) bond motifs is 1. The van der Waals surface area contributed by atoms with Gasteiger partial charge in [0.05, 0.1) is 23.0 Å². The van der Waals surface area contributed by atoms with Gasteiger partial charge in [0.25, 0.3) is 5.91 Å². The van der Waals surface area contributed by atoms with Crippen molar-refractivity contribution in [3.8, 4) is 0 Å². The average Bonchev–Trinajstić information content (AvgIpc) is 3.35. The lowest BCUT2D eigenvalue weighted by Gasteiger charge is -2.29. The molecule has 0 aromatic heterocycles. The zero-order valence-corrected chi connectivity index (χ0v) is 18.7. The maximum atomic E-state index is 13.6. The van der Waals surface area contributed by atoms with Crippen molar-refractivity contribution < 1.29 is 27.6 Å². The number of benzene rings is 3. The van der Waals surface area contributed by atoms with Crippen molar-refractivity contribution in [1.82, 2.24) is 0 Å². The lowest BCUT2D eigenvalue weighted by molar-refractivity contribution is -0.137. The van der Waals surface area contributed by atoms with Gasteiger partial charge >= 0.3 is 6.18 Å². The first-order chi connectivity index (χ1) is 16.3. The minimum Gasteiger partial charge on any atom is -0.273 e. The van der Waals surface area contributed by atoms with Crippen LogP contribution in [0.25, 0.3) is 0 Å². The van der Waals surface area contributed by atoms with Crippen LogP contribution in [0.2, 0.25) is 0 Å². The van der Waals surface area contributed by atoms with Gasteiger partial charge in [0.2, 0.25) is 5.91 Å². The smallest absolute Gasteiger partial charge is 0.273 e. The Morgan fingerprint density at radius 1 is 0.853 bits per heavy atom. The quantitative estimate of drug-likeness (QED) is 0.363. The highest BCUT2D eigenvalue weighted by molar-refractivity contribution is 7.98. The second-order valence-corrected chi connectivity index (χ2v) is 8.87. The number of thioether (sulfide) groups is 1. The molecule has 0 unspecified atom stereocenters. The first-order valence-electron chi connectivity index (χ1n) is 10.5. The maximum absolute atomic E-state index is 13.6. The van der Waals surface area contributed by atoms with Crippen LogP contribution >= 0.6 is 11.8 Å². The van der Waals surface area contributed by atoms with Gasteiger partial charge < -0.3 is 0 Å². The fourth-order valence-corrected chi connectivity index (χ4v) is 4.84. The molecular formula is C25H19F3N2O3S. The van der Waals surface area contributed by atoms with Gasteiger partial charge in [-0.25, -0.2) is 9.96 Å². The van der Waals surface area contributed by atoms with Crippen LogP contribution in [0.3, 0.4) is 0 Å². The molecule has 3 atom stereocenters. The van der Waals surface area contributed by atoms with E-state index in [0.29, 0.717) is 5.69 Å². The van der Waals surface area contributed by atoms with Crippen LogP contribution in [0.15, 0.2) is 83.8 Å². The van der Waals surface area contributed by atoms with E-state index in [4.69, 9.17) is 4.84 Å². The molecule has 2 fully saturated rings. The number of imide groups is 1. The molecule has 2 saturated heterocycles. The first kappa shape index (κ1) is 22.5. The van der Waals surface area contributed by atoms with Crippen LogP contribution in [-0.2, 0) is 20.6 Å². The van der Waals surface area contributed by atoms with Crippen molar-refractivity contribution >= 4 is 35.0 Å². The summed E-state index contributed by atoms with van der Waals surface area (Å²) in [6.07, 6.45) is -3.79. The molecule has 2 amide bonds. The first-order valence-corrected chi connectivity index (χ1v) is 11.7. The third-order valence-electron chi connectivity index (χ3n) is 6.02. The Labute approximate surface area is 198 Å². The lowest BCUT2D eigenvalue weighted by atomic mass is 9.90. The van der Waals surface area contributed by atoms with Gasteiger partial charge in [0, 0.05) is 4.90 Å². The molecule has 3 aromatic rings. The second kappa shape index (κ2) is 8.48. The molecule has 34 heavy (non-hydrogen) atoms. The molecule has 174 valence electrons. The lowest BCUT2D eigenvalue weighted by Crippen LogP contribution is -2.37. The molecule has 9 heteroatoms.